The second kappa shape index (κ2) is 9.52. The minimum absolute atomic E-state index is 0.122. The van der Waals surface area contributed by atoms with Crippen molar-refractivity contribution in [3.8, 4) is 11.3 Å². The van der Waals surface area contributed by atoms with Crippen LogP contribution in [-0.4, -0.2) is 16.0 Å². The number of anilines is 2. The molecule has 1 saturated heterocycles. The number of halogens is 1. The molecule has 176 valence electrons. The van der Waals surface area contributed by atoms with Crippen molar-refractivity contribution in [2.24, 2.45) is 0 Å². The molecule has 0 bridgehead atoms. The number of rotatable bonds is 5. The highest BCUT2D eigenvalue weighted by molar-refractivity contribution is 7.80. The standard InChI is InChI=1S/C27H23ClN4O2S/c1-16-6-7-18(28)15-21(16)23-12-13-24(34-23)26-25(22-5-3-4-14-29-22)31-27(35)32(26)20-10-8-19(9-11-20)30-17(2)33/h3-15,25-26H,1-2H3,(H,30,33)(H,31,35)/t25-,26-/m0/s1. The fourth-order valence-electron chi connectivity index (χ4n) is 4.35. The lowest BCUT2D eigenvalue weighted by atomic mass is 10.0. The van der Waals surface area contributed by atoms with E-state index in [1.165, 1.54) is 6.92 Å². The maximum absolute atomic E-state index is 11.4. The summed E-state index contributed by atoms with van der Waals surface area (Å²) in [5.74, 6) is 1.36. The molecule has 35 heavy (non-hydrogen) atoms. The van der Waals surface area contributed by atoms with Crippen LogP contribution in [0.2, 0.25) is 5.02 Å². The summed E-state index contributed by atoms with van der Waals surface area (Å²) in [6, 6.07) is 22.6. The highest BCUT2D eigenvalue weighted by Gasteiger charge is 2.42. The summed E-state index contributed by atoms with van der Waals surface area (Å²) in [6.07, 6.45) is 1.77. The van der Waals surface area contributed by atoms with Crippen molar-refractivity contribution in [2.45, 2.75) is 25.9 Å². The fraction of sp³-hybridized carbons (Fsp3) is 0.148. The molecule has 8 heteroatoms. The molecule has 2 atom stereocenters. The Morgan fingerprint density at radius 1 is 1.11 bits per heavy atom. The van der Waals surface area contributed by atoms with E-state index in [0.29, 0.717) is 15.8 Å². The van der Waals surface area contributed by atoms with Gasteiger partial charge >= 0.3 is 0 Å². The first-order valence-corrected chi connectivity index (χ1v) is 11.9. The van der Waals surface area contributed by atoms with Crippen molar-refractivity contribution in [3.63, 3.8) is 0 Å². The van der Waals surface area contributed by atoms with E-state index < -0.39 is 0 Å². The van der Waals surface area contributed by atoms with Crippen LogP contribution >= 0.6 is 23.8 Å². The molecular weight excluding hydrogens is 480 g/mol. The van der Waals surface area contributed by atoms with Crippen molar-refractivity contribution in [1.82, 2.24) is 10.3 Å². The Hall–Kier alpha value is -3.68. The van der Waals surface area contributed by atoms with Crippen LogP contribution in [0.5, 0.6) is 0 Å². The van der Waals surface area contributed by atoms with E-state index in [9.17, 15) is 4.79 Å². The lowest BCUT2D eigenvalue weighted by Crippen LogP contribution is -2.29. The zero-order chi connectivity index (χ0) is 24.5. The first kappa shape index (κ1) is 23.1. The minimum Gasteiger partial charge on any atom is -0.459 e. The molecule has 2 N–H and O–H groups in total. The highest BCUT2D eigenvalue weighted by Crippen LogP contribution is 2.43. The normalized spacial score (nSPS) is 17.3. The van der Waals surface area contributed by atoms with Gasteiger partial charge in [-0.15, -0.1) is 0 Å². The number of nitrogens with one attached hydrogen (secondary N) is 2. The lowest BCUT2D eigenvalue weighted by molar-refractivity contribution is -0.114. The Kier molecular flexibility index (Phi) is 6.28. The number of thiocarbonyl (C=S) groups is 1. The number of aromatic nitrogens is 1. The molecule has 0 unspecified atom stereocenters. The third kappa shape index (κ3) is 4.65. The van der Waals surface area contributed by atoms with Gasteiger partial charge in [0.05, 0.1) is 11.7 Å². The van der Waals surface area contributed by atoms with Crippen molar-refractivity contribution in [3.05, 3.63) is 101 Å². The number of nitrogens with zero attached hydrogens (tertiary/aromatic N) is 2. The van der Waals surface area contributed by atoms with Crippen molar-refractivity contribution in [2.75, 3.05) is 10.2 Å². The maximum atomic E-state index is 11.4. The average Bonchev–Trinajstić information content (AvgIpc) is 3.46. The van der Waals surface area contributed by atoms with Gasteiger partial charge in [0.25, 0.3) is 0 Å². The third-order valence-electron chi connectivity index (χ3n) is 5.95. The van der Waals surface area contributed by atoms with Gasteiger partial charge in [-0.25, -0.2) is 0 Å². The first-order chi connectivity index (χ1) is 16.9. The van der Waals surface area contributed by atoms with Crippen LogP contribution in [0, 0.1) is 6.92 Å². The summed E-state index contributed by atoms with van der Waals surface area (Å²) in [4.78, 5) is 18.0. The van der Waals surface area contributed by atoms with Gasteiger partial charge in [-0.2, -0.15) is 0 Å². The molecule has 2 aromatic heterocycles. The van der Waals surface area contributed by atoms with Gasteiger partial charge in [0.15, 0.2) is 5.11 Å². The van der Waals surface area contributed by atoms with Crippen LogP contribution in [0.25, 0.3) is 11.3 Å². The van der Waals surface area contributed by atoms with E-state index in [0.717, 1.165) is 34.0 Å². The molecule has 1 amide bonds. The van der Waals surface area contributed by atoms with Gasteiger partial charge in [0.1, 0.15) is 17.6 Å². The molecule has 4 aromatic rings. The Morgan fingerprint density at radius 2 is 1.91 bits per heavy atom. The van der Waals surface area contributed by atoms with Crippen molar-refractivity contribution >= 4 is 46.2 Å². The van der Waals surface area contributed by atoms with Gasteiger partial charge in [-0.1, -0.05) is 23.7 Å². The van der Waals surface area contributed by atoms with Crippen LogP contribution in [0.1, 0.15) is 36.0 Å². The molecule has 0 aliphatic carbocycles. The summed E-state index contributed by atoms with van der Waals surface area (Å²) in [6.45, 7) is 3.51. The number of hydrogen-bond donors (Lipinski definition) is 2. The van der Waals surface area contributed by atoms with E-state index >= 15 is 0 Å². The maximum Gasteiger partial charge on any atom is 0.221 e. The van der Waals surface area contributed by atoms with E-state index in [-0.39, 0.29) is 18.0 Å². The largest absolute Gasteiger partial charge is 0.459 e. The number of furan rings is 1. The van der Waals surface area contributed by atoms with Crippen LogP contribution in [0.15, 0.2) is 83.4 Å². The molecule has 0 spiro atoms. The highest BCUT2D eigenvalue weighted by atomic mass is 35.5. The average molecular weight is 503 g/mol. The molecule has 2 aromatic carbocycles. The van der Waals surface area contributed by atoms with Gasteiger partial charge in [-0.3, -0.25) is 9.78 Å². The zero-order valence-electron chi connectivity index (χ0n) is 19.2. The molecule has 5 rings (SSSR count). The minimum atomic E-state index is -0.280. The number of benzene rings is 2. The molecule has 1 fully saturated rings. The Bertz CT molecular complexity index is 1390. The van der Waals surface area contributed by atoms with Crippen LogP contribution in [0.3, 0.4) is 0 Å². The molecule has 6 nitrogen and oxygen atoms in total. The number of hydrogen-bond acceptors (Lipinski definition) is 4. The number of amides is 1. The van der Waals surface area contributed by atoms with E-state index in [1.807, 2.05) is 84.6 Å². The predicted molar refractivity (Wildman–Crippen MR) is 143 cm³/mol. The lowest BCUT2D eigenvalue weighted by Gasteiger charge is -2.26. The fourth-order valence-corrected chi connectivity index (χ4v) is 4.86. The topological polar surface area (TPSA) is 70.4 Å². The van der Waals surface area contributed by atoms with Crippen LogP contribution < -0.4 is 15.5 Å². The molecule has 0 saturated carbocycles. The summed E-state index contributed by atoms with van der Waals surface area (Å²) in [7, 11) is 0. The molecule has 0 radical (unpaired) electrons. The van der Waals surface area contributed by atoms with Crippen LogP contribution in [0.4, 0.5) is 11.4 Å². The number of carbonyl (C=O) groups is 1. The van der Waals surface area contributed by atoms with Gasteiger partial charge in [0.2, 0.25) is 5.91 Å². The second-order valence-corrected chi connectivity index (χ2v) is 9.21. The van der Waals surface area contributed by atoms with Gasteiger partial charge in [0, 0.05) is 35.1 Å². The van der Waals surface area contributed by atoms with Crippen molar-refractivity contribution in [1.29, 1.82) is 0 Å². The Labute approximate surface area is 213 Å². The summed E-state index contributed by atoms with van der Waals surface area (Å²) in [5, 5.41) is 7.44. The molecular formula is C27H23ClN4O2S. The summed E-state index contributed by atoms with van der Waals surface area (Å²) >= 11 is 12.0. The Balaban J connectivity index is 1.57. The second-order valence-electron chi connectivity index (χ2n) is 8.39. The summed E-state index contributed by atoms with van der Waals surface area (Å²) < 4.78 is 6.43. The number of carbonyl (C=O) groups excluding carboxylic acids is 1. The number of pyridine rings is 1. The SMILES string of the molecule is CC(=O)Nc1ccc(N2C(=S)N[C@@H](c3ccccn3)[C@@H]2c2ccc(-c3cc(Cl)ccc3C)o2)cc1. The molecule has 1 aliphatic rings. The van der Waals surface area contributed by atoms with E-state index in [1.54, 1.807) is 6.20 Å². The predicted octanol–water partition coefficient (Wildman–Crippen LogP) is 6.44. The first-order valence-electron chi connectivity index (χ1n) is 11.2. The van der Waals surface area contributed by atoms with Gasteiger partial charge in [-0.05, 0) is 85.4 Å². The van der Waals surface area contributed by atoms with E-state index in [2.05, 4.69) is 15.6 Å². The monoisotopic (exact) mass is 502 g/mol. The molecule has 1 aliphatic heterocycles. The summed E-state index contributed by atoms with van der Waals surface area (Å²) in [5.41, 5.74) is 4.46. The third-order valence-corrected chi connectivity index (χ3v) is 6.50. The quantitative estimate of drug-likeness (QED) is 0.306. The molecule has 3 heterocycles. The Morgan fingerprint density at radius 3 is 2.63 bits per heavy atom. The van der Waals surface area contributed by atoms with Crippen LogP contribution in [-0.2, 0) is 4.79 Å². The van der Waals surface area contributed by atoms with E-state index in [4.69, 9.17) is 28.2 Å². The zero-order valence-corrected chi connectivity index (χ0v) is 20.7. The van der Waals surface area contributed by atoms with Gasteiger partial charge < -0.3 is 20.0 Å². The number of aryl methyl sites for hydroxylation is 1. The van der Waals surface area contributed by atoms with Crippen molar-refractivity contribution < 1.29 is 9.21 Å². The smallest absolute Gasteiger partial charge is 0.221 e.